The van der Waals surface area contributed by atoms with E-state index in [4.69, 9.17) is 14.6 Å². The summed E-state index contributed by atoms with van der Waals surface area (Å²) in [5, 5.41) is 11.8. The highest BCUT2D eigenvalue weighted by Gasteiger charge is 2.32. The molecule has 2 N–H and O–H groups in total. The summed E-state index contributed by atoms with van der Waals surface area (Å²) in [6.07, 6.45) is 4.94. The van der Waals surface area contributed by atoms with Crippen LogP contribution in [0, 0.1) is 0 Å². The van der Waals surface area contributed by atoms with E-state index in [9.17, 15) is 9.59 Å². The monoisotopic (exact) mass is 286 g/mol. The fourth-order valence-corrected chi connectivity index (χ4v) is 2.59. The number of ether oxygens (including phenoxy) is 2. The second kappa shape index (κ2) is 7.44. The average Bonchev–Trinajstić information content (AvgIpc) is 2.96. The molecule has 2 rings (SSSR count). The first-order chi connectivity index (χ1) is 9.68. The van der Waals surface area contributed by atoms with E-state index in [1.54, 1.807) is 0 Å². The highest BCUT2D eigenvalue weighted by atomic mass is 16.5. The predicted molar refractivity (Wildman–Crippen MR) is 70.6 cm³/mol. The van der Waals surface area contributed by atoms with Crippen LogP contribution in [0.4, 0.5) is 4.79 Å². The number of nitrogens with one attached hydrogen (secondary N) is 1. The molecule has 1 aliphatic carbocycles. The van der Waals surface area contributed by atoms with Crippen LogP contribution in [0.2, 0.25) is 0 Å². The molecule has 7 nitrogen and oxygen atoms in total. The van der Waals surface area contributed by atoms with E-state index >= 15 is 0 Å². The lowest BCUT2D eigenvalue weighted by Crippen LogP contribution is -2.56. The third-order valence-electron chi connectivity index (χ3n) is 3.71. The lowest BCUT2D eigenvalue weighted by Gasteiger charge is -2.32. The molecule has 1 saturated heterocycles. The Labute approximate surface area is 118 Å². The lowest BCUT2D eigenvalue weighted by molar-refractivity contribution is -0.147. The molecule has 2 amide bonds. The number of carbonyl (C=O) groups excluding carboxylic acids is 1. The molecule has 1 saturated carbocycles. The third kappa shape index (κ3) is 4.08. The first-order valence-corrected chi connectivity index (χ1v) is 7.15. The number of morpholine rings is 1. The molecule has 7 heteroatoms. The average molecular weight is 286 g/mol. The molecule has 1 heterocycles. The molecule has 0 radical (unpaired) electrons. The van der Waals surface area contributed by atoms with Gasteiger partial charge in [0.2, 0.25) is 0 Å². The van der Waals surface area contributed by atoms with Crippen LogP contribution in [-0.4, -0.2) is 67.1 Å². The Morgan fingerprint density at radius 1 is 1.35 bits per heavy atom. The van der Waals surface area contributed by atoms with Crippen molar-refractivity contribution < 1.29 is 24.2 Å². The van der Waals surface area contributed by atoms with Crippen molar-refractivity contribution >= 4 is 12.0 Å². The van der Waals surface area contributed by atoms with Gasteiger partial charge in [-0.2, -0.15) is 0 Å². The molecule has 20 heavy (non-hydrogen) atoms. The lowest BCUT2D eigenvalue weighted by atomic mass is 10.2. The van der Waals surface area contributed by atoms with Gasteiger partial charge >= 0.3 is 12.0 Å². The van der Waals surface area contributed by atoms with Crippen molar-refractivity contribution in [1.82, 2.24) is 10.2 Å². The topological polar surface area (TPSA) is 88.1 Å². The number of rotatable bonds is 5. The molecule has 2 fully saturated rings. The smallest absolute Gasteiger partial charge is 0.328 e. The Kier molecular flexibility index (Phi) is 5.60. The standard InChI is InChI=1S/C13H22N2O5/c16-12(17)11-9-19-8-6-15(11)13(18)14-5-7-20-10-3-1-2-4-10/h10-11H,1-9H2,(H,14,18)(H,16,17). The molecular formula is C13H22N2O5. The van der Waals surface area contributed by atoms with Gasteiger partial charge < -0.3 is 24.8 Å². The van der Waals surface area contributed by atoms with Crippen LogP contribution in [0.1, 0.15) is 25.7 Å². The molecule has 2 aliphatic rings. The summed E-state index contributed by atoms with van der Waals surface area (Å²) in [7, 11) is 0. The fraction of sp³-hybridized carbons (Fsp3) is 0.846. The van der Waals surface area contributed by atoms with Crippen molar-refractivity contribution in [2.24, 2.45) is 0 Å². The summed E-state index contributed by atoms with van der Waals surface area (Å²) in [6.45, 7) is 1.58. The number of hydrogen-bond donors (Lipinski definition) is 2. The van der Waals surface area contributed by atoms with Crippen molar-refractivity contribution in [3.05, 3.63) is 0 Å². The number of urea groups is 1. The van der Waals surface area contributed by atoms with E-state index in [0.717, 1.165) is 12.8 Å². The zero-order valence-electron chi connectivity index (χ0n) is 11.5. The number of amides is 2. The largest absolute Gasteiger partial charge is 0.480 e. The van der Waals surface area contributed by atoms with Crippen LogP contribution in [0.5, 0.6) is 0 Å². The Morgan fingerprint density at radius 2 is 2.10 bits per heavy atom. The molecule has 0 aromatic rings. The zero-order chi connectivity index (χ0) is 14.4. The Balaban J connectivity index is 1.68. The van der Waals surface area contributed by atoms with E-state index < -0.39 is 12.0 Å². The van der Waals surface area contributed by atoms with Gasteiger partial charge in [0.05, 0.1) is 25.9 Å². The van der Waals surface area contributed by atoms with Gasteiger partial charge in [0.25, 0.3) is 0 Å². The van der Waals surface area contributed by atoms with Crippen molar-refractivity contribution in [1.29, 1.82) is 0 Å². The van der Waals surface area contributed by atoms with Gasteiger partial charge in [-0.15, -0.1) is 0 Å². The third-order valence-corrected chi connectivity index (χ3v) is 3.71. The minimum Gasteiger partial charge on any atom is -0.480 e. The minimum atomic E-state index is -1.04. The fourth-order valence-electron chi connectivity index (χ4n) is 2.59. The molecule has 1 atom stereocenters. The van der Waals surface area contributed by atoms with Crippen molar-refractivity contribution in [3.63, 3.8) is 0 Å². The maximum Gasteiger partial charge on any atom is 0.328 e. The van der Waals surface area contributed by atoms with E-state index in [-0.39, 0.29) is 12.6 Å². The van der Waals surface area contributed by atoms with Crippen LogP contribution >= 0.6 is 0 Å². The Hall–Kier alpha value is -1.34. The summed E-state index contributed by atoms with van der Waals surface area (Å²) in [6, 6.07) is -1.27. The van der Waals surface area contributed by atoms with Gasteiger partial charge in [0.1, 0.15) is 0 Å². The maximum absolute atomic E-state index is 11.9. The van der Waals surface area contributed by atoms with E-state index in [1.807, 2.05) is 0 Å². The van der Waals surface area contributed by atoms with Gasteiger partial charge in [-0.3, -0.25) is 0 Å². The number of aliphatic carboxylic acids is 1. The first-order valence-electron chi connectivity index (χ1n) is 7.15. The molecule has 0 aromatic heterocycles. The minimum absolute atomic E-state index is 0.0430. The van der Waals surface area contributed by atoms with Crippen LogP contribution in [-0.2, 0) is 14.3 Å². The van der Waals surface area contributed by atoms with Crippen molar-refractivity contribution in [2.45, 2.75) is 37.8 Å². The molecular weight excluding hydrogens is 264 g/mol. The summed E-state index contributed by atoms with van der Waals surface area (Å²) in [5.74, 6) is -1.04. The van der Waals surface area contributed by atoms with Gasteiger partial charge in [0.15, 0.2) is 6.04 Å². The van der Waals surface area contributed by atoms with Gasteiger partial charge in [-0.25, -0.2) is 9.59 Å². The van der Waals surface area contributed by atoms with Crippen LogP contribution in [0.25, 0.3) is 0 Å². The number of carbonyl (C=O) groups is 2. The van der Waals surface area contributed by atoms with E-state index in [2.05, 4.69) is 5.32 Å². The predicted octanol–water partition coefficient (Wildman–Crippen LogP) is 0.441. The molecule has 1 aliphatic heterocycles. The van der Waals surface area contributed by atoms with Gasteiger partial charge in [0, 0.05) is 13.1 Å². The molecule has 0 bridgehead atoms. The summed E-state index contributed by atoms with van der Waals surface area (Å²) < 4.78 is 10.7. The maximum atomic E-state index is 11.9. The van der Waals surface area contributed by atoms with Crippen LogP contribution < -0.4 is 5.32 Å². The van der Waals surface area contributed by atoms with Gasteiger partial charge in [-0.05, 0) is 12.8 Å². The van der Waals surface area contributed by atoms with Crippen LogP contribution in [0.3, 0.4) is 0 Å². The van der Waals surface area contributed by atoms with Crippen LogP contribution in [0.15, 0.2) is 0 Å². The second-order valence-electron chi connectivity index (χ2n) is 5.13. The molecule has 1 unspecified atom stereocenters. The zero-order valence-corrected chi connectivity index (χ0v) is 11.5. The summed E-state index contributed by atoms with van der Waals surface area (Å²) >= 11 is 0. The highest BCUT2D eigenvalue weighted by molar-refractivity contribution is 5.82. The SMILES string of the molecule is O=C(O)C1COCCN1C(=O)NCCOC1CCCC1. The second-order valence-corrected chi connectivity index (χ2v) is 5.13. The van der Waals surface area contributed by atoms with E-state index in [1.165, 1.54) is 17.7 Å². The van der Waals surface area contributed by atoms with E-state index in [0.29, 0.717) is 32.4 Å². The first kappa shape index (κ1) is 15.1. The summed E-state index contributed by atoms with van der Waals surface area (Å²) in [4.78, 5) is 24.3. The highest BCUT2D eigenvalue weighted by Crippen LogP contribution is 2.20. The summed E-state index contributed by atoms with van der Waals surface area (Å²) in [5.41, 5.74) is 0. The number of nitrogens with zero attached hydrogens (tertiary/aromatic N) is 1. The normalized spacial score (nSPS) is 23.8. The number of hydrogen-bond acceptors (Lipinski definition) is 4. The van der Waals surface area contributed by atoms with Crippen molar-refractivity contribution in [2.75, 3.05) is 32.9 Å². The molecule has 0 spiro atoms. The molecule has 0 aromatic carbocycles. The molecule has 114 valence electrons. The van der Waals surface area contributed by atoms with Crippen molar-refractivity contribution in [3.8, 4) is 0 Å². The Morgan fingerprint density at radius 3 is 2.80 bits per heavy atom. The number of carboxylic acids is 1. The quantitative estimate of drug-likeness (QED) is 0.716. The number of carboxylic acid groups (broad SMARTS) is 1. The Bertz CT molecular complexity index is 344. The van der Waals surface area contributed by atoms with Gasteiger partial charge in [-0.1, -0.05) is 12.8 Å².